The number of piperazine rings is 1. The fourth-order valence-electron chi connectivity index (χ4n) is 7.15. The lowest BCUT2D eigenvalue weighted by Crippen LogP contribution is -2.56. The number of piperidine rings is 1. The second-order valence-electron chi connectivity index (χ2n) is 12.0. The Labute approximate surface area is 206 Å². The number of ketones is 1. The van der Waals surface area contributed by atoms with E-state index in [2.05, 4.69) is 40.9 Å². The highest BCUT2D eigenvalue weighted by Gasteiger charge is 2.42. The van der Waals surface area contributed by atoms with Crippen LogP contribution in [-0.2, 0) is 4.79 Å². The molecule has 3 saturated heterocycles. The van der Waals surface area contributed by atoms with E-state index in [0.29, 0.717) is 41.8 Å². The van der Waals surface area contributed by atoms with Crippen LogP contribution in [0, 0.1) is 11.8 Å². The summed E-state index contributed by atoms with van der Waals surface area (Å²) in [7, 11) is 0. The topological polar surface area (TPSA) is 52.6 Å². The zero-order valence-electron chi connectivity index (χ0n) is 21.8. The molecule has 4 fully saturated rings. The molecule has 2 unspecified atom stereocenters. The summed E-state index contributed by atoms with van der Waals surface area (Å²) >= 11 is 0. The molecule has 0 N–H and O–H groups in total. The van der Waals surface area contributed by atoms with Gasteiger partial charge in [0.2, 0.25) is 5.95 Å². The van der Waals surface area contributed by atoms with Crippen LogP contribution in [0.1, 0.15) is 90.5 Å². The van der Waals surface area contributed by atoms with Crippen molar-refractivity contribution < 1.29 is 4.79 Å². The SMILES string of the molecule is CC(C)C(=O)[C@H]1CC[C@H](N2CCC(c3cnc(N4C5CCC4CN(C(C)C)C5)nc3)CC2)CC1. The third-order valence-corrected chi connectivity index (χ3v) is 9.32. The summed E-state index contributed by atoms with van der Waals surface area (Å²) in [6.07, 6.45) is 13.7. The van der Waals surface area contributed by atoms with Crippen molar-refractivity contribution >= 4 is 11.7 Å². The zero-order chi connectivity index (χ0) is 23.8. The molecular formula is C28H45N5O. The fraction of sp³-hybridized carbons (Fsp3) is 0.821. The molecule has 6 nitrogen and oxygen atoms in total. The quantitative estimate of drug-likeness (QED) is 0.614. The average molecular weight is 468 g/mol. The molecule has 2 bridgehead atoms. The molecule has 1 aromatic rings. The van der Waals surface area contributed by atoms with Crippen molar-refractivity contribution in [1.82, 2.24) is 19.8 Å². The first-order chi connectivity index (χ1) is 16.4. The van der Waals surface area contributed by atoms with Gasteiger partial charge < -0.3 is 9.80 Å². The fourth-order valence-corrected chi connectivity index (χ4v) is 7.15. The van der Waals surface area contributed by atoms with Crippen LogP contribution in [0.15, 0.2) is 12.4 Å². The lowest BCUT2D eigenvalue weighted by atomic mass is 9.79. The summed E-state index contributed by atoms with van der Waals surface area (Å²) in [5.74, 6) is 2.51. The molecule has 1 aromatic heterocycles. The Bertz CT molecular complexity index is 810. The average Bonchev–Trinajstić information content (AvgIpc) is 3.12. The van der Waals surface area contributed by atoms with Crippen LogP contribution in [0.2, 0.25) is 0 Å². The van der Waals surface area contributed by atoms with Crippen molar-refractivity contribution in [2.45, 2.75) is 109 Å². The number of hydrogen-bond acceptors (Lipinski definition) is 6. The number of anilines is 1. The van der Waals surface area contributed by atoms with Gasteiger partial charge in [0.15, 0.2) is 0 Å². The molecule has 2 atom stereocenters. The van der Waals surface area contributed by atoms with E-state index in [1.165, 1.54) is 57.2 Å². The van der Waals surface area contributed by atoms with E-state index in [1.807, 2.05) is 13.8 Å². The van der Waals surface area contributed by atoms with E-state index in [4.69, 9.17) is 9.97 Å². The van der Waals surface area contributed by atoms with Crippen LogP contribution in [-0.4, -0.2) is 75.9 Å². The maximum atomic E-state index is 12.4. The van der Waals surface area contributed by atoms with E-state index in [0.717, 1.165) is 31.9 Å². The molecule has 188 valence electrons. The number of hydrogen-bond donors (Lipinski definition) is 0. The second kappa shape index (κ2) is 10.2. The minimum absolute atomic E-state index is 0.186. The Balaban J connectivity index is 1.12. The van der Waals surface area contributed by atoms with Crippen LogP contribution in [0.5, 0.6) is 0 Å². The normalized spacial score (nSPS) is 31.5. The first-order valence-electron chi connectivity index (χ1n) is 14.0. The highest BCUT2D eigenvalue weighted by Crippen LogP contribution is 2.36. The van der Waals surface area contributed by atoms with Gasteiger partial charge >= 0.3 is 0 Å². The van der Waals surface area contributed by atoms with Gasteiger partial charge in [-0.05, 0) is 89.8 Å². The number of Topliss-reactive ketones (excluding diaryl/α,β-unsaturated/α-hetero) is 1. The predicted molar refractivity (Wildman–Crippen MR) is 137 cm³/mol. The number of nitrogens with zero attached hydrogens (tertiary/aromatic N) is 5. The minimum Gasteiger partial charge on any atom is -0.332 e. The maximum Gasteiger partial charge on any atom is 0.225 e. The Morgan fingerprint density at radius 3 is 1.91 bits per heavy atom. The number of fused-ring (bicyclic) bond motifs is 2. The van der Waals surface area contributed by atoms with Crippen molar-refractivity contribution in [2.24, 2.45) is 11.8 Å². The zero-order valence-corrected chi connectivity index (χ0v) is 21.8. The summed E-state index contributed by atoms with van der Waals surface area (Å²) in [4.78, 5) is 30.0. The summed E-state index contributed by atoms with van der Waals surface area (Å²) in [6, 6.07) is 2.44. The Morgan fingerprint density at radius 2 is 1.38 bits per heavy atom. The van der Waals surface area contributed by atoms with E-state index < -0.39 is 0 Å². The number of likely N-dealkylation sites (tertiary alicyclic amines) is 2. The monoisotopic (exact) mass is 467 g/mol. The van der Waals surface area contributed by atoms with Crippen LogP contribution in [0.25, 0.3) is 0 Å². The number of aromatic nitrogens is 2. The van der Waals surface area contributed by atoms with Crippen molar-refractivity contribution in [2.75, 3.05) is 31.1 Å². The third kappa shape index (κ3) is 4.90. The van der Waals surface area contributed by atoms with Gasteiger partial charge in [-0.3, -0.25) is 9.69 Å². The molecule has 6 heteroatoms. The van der Waals surface area contributed by atoms with E-state index in [-0.39, 0.29) is 5.92 Å². The van der Waals surface area contributed by atoms with Gasteiger partial charge in [-0.25, -0.2) is 9.97 Å². The summed E-state index contributed by atoms with van der Waals surface area (Å²) in [6.45, 7) is 13.3. The van der Waals surface area contributed by atoms with Crippen LogP contribution in [0.4, 0.5) is 5.95 Å². The highest BCUT2D eigenvalue weighted by molar-refractivity contribution is 5.82. The van der Waals surface area contributed by atoms with Crippen LogP contribution >= 0.6 is 0 Å². The molecule has 0 amide bonds. The van der Waals surface area contributed by atoms with E-state index >= 15 is 0 Å². The van der Waals surface area contributed by atoms with Crippen molar-refractivity contribution in [3.05, 3.63) is 18.0 Å². The number of rotatable bonds is 6. The standard InChI is InChI=1S/C28H45N5O/c1-19(2)27(34)22-5-7-24(8-6-22)31-13-11-21(12-14-31)23-15-29-28(30-16-23)33-25-9-10-26(33)18-32(17-25)20(3)4/h15-16,19-22,24-26H,5-14,17-18H2,1-4H3/t22-,24-,25?,26?. The van der Waals surface area contributed by atoms with Crippen molar-refractivity contribution in [1.29, 1.82) is 0 Å². The molecule has 4 aliphatic rings. The molecule has 1 saturated carbocycles. The molecule has 3 aliphatic heterocycles. The van der Waals surface area contributed by atoms with Gasteiger partial charge in [-0.1, -0.05) is 13.8 Å². The van der Waals surface area contributed by atoms with Crippen molar-refractivity contribution in [3.63, 3.8) is 0 Å². The lowest BCUT2D eigenvalue weighted by molar-refractivity contribution is -0.127. The third-order valence-electron chi connectivity index (χ3n) is 9.32. The van der Waals surface area contributed by atoms with E-state index in [9.17, 15) is 4.79 Å². The first kappa shape index (κ1) is 24.2. The van der Waals surface area contributed by atoms with Gasteiger partial charge in [-0.2, -0.15) is 0 Å². The molecule has 1 aliphatic carbocycles. The molecule has 0 aromatic carbocycles. The Morgan fingerprint density at radius 1 is 0.824 bits per heavy atom. The first-order valence-corrected chi connectivity index (χ1v) is 14.0. The summed E-state index contributed by atoms with van der Waals surface area (Å²) < 4.78 is 0. The minimum atomic E-state index is 0.186. The largest absolute Gasteiger partial charge is 0.332 e. The van der Waals surface area contributed by atoms with Crippen LogP contribution in [0.3, 0.4) is 0 Å². The molecule has 4 heterocycles. The van der Waals surface area contributed by atoms with Gasteiger partial charge in [-0.15, -0.1) is 0 Å². The van der Waals surface area contributed by atoms with Crippen LogP contribution < -0.4 is 4.90 Å². The van der Waals surface area contributed by atoms with Gasteiger partial charge in [0, 0.05) is 61.5 Å². The van der Waals surface area contributed by atoms with Gasteiger partial charge in [0.1, 0.15) is 5.78 Å². The lowest BCUT2D eigenvalue weighted by Gasteiger charge is -2.43. The number of carbonyl (C=O) groups excluding carboxylic acids is 1. The molecule has 5 rings (SSSR count). The van der Waals surface area contributed by atoms with Crippen molar-refractivity contribution in [3.8, 4) is 0 Å². The number of carbonyl (C=O) groups is 1. The molecule has 0 radical (unpaired) electrons. The Hall–Kier alpha value is -1.53. The molecule has 0 spiro atoms. The Kier molecular flexibility index (Phi) is 7.27. The van der Waals surface area contributed by atoms with E-state index in [1.54, 1.807) is 0 Å². The summed E-state index contributed by atoms with van der Waals surface area (Å²) in [5, 5.41) is 0. The second-order valence-corrected chi connectivity index (χ2v) is 12.0. The predicted octanol–water partition coefficient (Wildman–Crippen LogP) is 4.50. The molecular weight excluding hydrogens is 422 g/mol. The highest BCUT2D eigenvalue weighted by atomic mass is 16.1. The van der Waals surface area contributed by atoms with Gasteiger partial charge in [0.05, 0.1) is 0 Å². The van der Waals surface area contributed by atoms with Gasteiger partial charge in [0.25, 0.3) is 0 Å². The maximum absolute atomic E-state index is 12.4. The molecule has 34 heavy (non-hydrogen) atoms. The summed E-state index contributed by atoms with van der Waals surface area (Å²) in [5.41, 5.74) is 1.32. The smallest absolute Gasteiger partial charge is 0.225 e.